The summed E-state index contributed by atoms with van der Waals surface area (Å²) in [6, 6.07) is 7.66. The Kier molecular flexibility index (Phi) is 4.32. The maximum atomic E-state index is 12.9. The first-order valence-electron chi connectivity index (χ1n) is 7.90. The molecule has 0 bridgehead atoms. The van der Waals surface area contributed by atoms with Crippen molar-refractivity contribution < 1.29 is 4.79 Å². The second kappa shape index (κ2) is 6.02. The number of hydrogen-bond acceptors (Lipinski definition) is 3. The molecule has 3 nitrogen and oxygen atoms in total. The van der Waals surface area contributed by atoms with E-state index >= 15 is 0 Å². The van der Waals surface area contributed by atoms with Gasteiger partial charge in [0.05, 0.1) is 22.0 Å². The smallest absolute Gasteiger partial charge is 0.161 e. The fraction of sp³-hybridized carbons (Fsp3) is 0.421. The third kappa shape index (κ3) is 2.79. The van der Waals surface area contributed by atoms with Gasteiger partial charge in [-0.25, -0.2) is 0 Å². The van der Waals surface area contributed by atoms with Crippen molar-refractivity contribution in [3.05, 3.63) is 45.1 Å². The van der Waals surface area contributed by atoms with Gasteiger partial charge in [0.15, 0.2) is 5.78 Å². The van der Waals surface area contributed by atoms with Crippen molar-refractivity contribution in [3.8, 4) is 6.07 Å². The molecule has 1 heterocycles. The molecule has 1 aromatic rings. The number of ketones is 1. The van der Waals surface area contributed by atoms with Crippen molar-refractivity contribution in [3.63, 3.8) is 0 Å². The molecule has 124 valence electrons. The molecule has 1 unspecified atom stereocenters. The summed E-state index contributed by atoms with van der Waals surface area (Å²) >= 11 is 12.6. The molecule has 0 saturated carbocycles. The van der Waals surface area contributed by atoms with Gasteiger partial charge in [-0.15, -0.1) is 0 Å². The van der Waals surface area contributed by atoms with Crippen molar-refractivity contribution in [1.82, 2.24) is 0 Å². The van der Waals surface area contributed by atoms with E-state index in [2.05, 4.69) is 24.9 Å². The van der Waals surface area contributed by atoms with Gasteiger partial charge >= 0.3 is 0 Å². The second-order valence-corrected chi connectivity index (χ2v) is 8.07. The first kappa shape index (κ1) is 17.2. The van der Waals surface area contributed by atoms with Crippen LogP contribution in [0.5, 0.6) is 0 Å². The molecule has 0 saturated heterocycles. The van der Waals surface area contributed by atoms with E-state index in [1.165, 1.54) is 0 Å². The molecule has 0 amide bonds. The van der Waals surface area contributed by atoms with Gasteiger partial charge < -0.3 is 0 Å². The Morgan fingerprint density at radius 3 is 2.67 bits per heavy atom. The van der Waals surface area contributed by atoms with Crippen LogP contribution in [0.2, 0.25) is 10.0 Å². The van der Waals surface area contributed by atoms with Crippen molar-refractivity contribution in [2.45, 2.75) is 39.5 Å². The Bertz CT molecular complexity index is 830. The Balaban J connectivity index is 2.24. The topological polar surface area (TPSA) is 53.2 Å². The quantitative estimate of drug-likeness (QED) is 0.678. The van der Waals surface area contributed by atoms with Crippen LogP contribution in [0.3, 0.4) is 0 Å². The van der Waals surface area contributed by atoms with Crippen LogP contribution in [0.25, 0.3) is 0 Å². The summed E-state index contributed by atoms with van der Waals surface area (Å²) in [7, 11) is 0. The Labute approximate surface area is 152 Å². The lowest BCUT2D eigenvalue weighted by atomic mass is 9.67. The molecule has 24 heavy (non-hydrogen) atoms. The zero-order valence-electron chi connectivity index (χ0n) is 13.9. The van der Waals surface area contributed by atoms with E-state index in [1.807, 2.05) is 13.0 Å². The zero-order chi connectivity index (χ0) is 17.6. The molecular weight excluding hydrogens is 343 g/mol. The van der Waals surface area contributed by atoms with E-state index in [-0.39, 0.29) is 11.2 Å². The predicted octanol–water partition coefficient (Wildman–Crippen LogP) is 5.33. The molecule has 3 rings (SSSR count). The van der Waals surface area contributed by atoms with Gasteiger partial charge in [0.2, 0.25) is 0 Å². The summed E-state index contributed by atoms with van der Waals surface area (Å²) in [5.74, 6) is -0.860. The number of nitrogens with zero attached hydrogens (tertiary/aromatic N) is 2. The second-order valence-electron chi connectivity index (χ2n) is 7.28. The average molecular weight is 361 g/mol. The summed E-state index contributed by atoms with van der Waals surface area (Å²) in [4.78, 5) is 17.5. The van der Waals surface area contributed by atoms with Crippen molar-refractivity contribution in [2.24, 2.45) is 16.3 Å². The van der Waals surface area contributed by atoms with Gasteiger partial charge in [0, 0.05) is 29.3 Å². The number of benzene rings is 1. The number of Topliss-reactive ketones (excluding diaryl/α,β-unsaturated/α-hetero) is 1. The fourth-order valence-electron chi connectivity index (χ4n) is 3.71. The van der Waals surface area contributed by atoms with Gasteiger partial charge in [-0.3, -0.25) is 9.79 Å². The molecule has 0 aromatic heterocycles. The number of rotatable bonds is 1. The van der Waals surface area contributed by atoms with E-state index < -0.39 is 11.8 Å². The fourth-order valence-corrected chi connectivity index (χ4v) is 4.13. The molecule has 2 atom stereocenters. The first-order chi connectivity index (χ1) is 11.2. The highest BCUT2D eigenvalue weighted by atomic mass is 35.5. The van der Waals surface area contributed by atoms with Crippen LogP contribution in [0, 0.1) is 22.7 Å². The summed E-state index contributed by atoms with van der Waals surface area (Å²) in [5, 5.41) is 10.5. The molecule has 5 heteroatoms. The van der Waals surface area contributed by atoms with Crippen LogP contribution in [0.4, 0.5) is 0 Å². The van der Waals surface area contributed by atoms with E-state index in [1.54, 1.807) is 12.1 Å². The summed E-state index contributed by atoms with van der Waals surface area (Å²) < 4.78 is 0. The maximum Gasteiger partial charge on any atom is 0.161 e. The van der Waals surface area contributed by atoms with Gasteiger partial charge in [-0.2, -0.15) is 5.26 Å². The van der Waals surface area contributed by atoms with Crippen LogP contribution < -0.4 is 0 Å². The normalized spacial score (nSPS) is 25.8. The summed E-state index contributed by atoms with van der Waals surface area (Å²) in [5.41, 5.74) is 2.76. The van der Waals surface area contributed by atoms with Crippen LogP contribution in [-0.2, 0) is 4.79 Å². The van der Waals surface area contributed by atoms with Gasteiger partial charge in [-0.05, 0) is 30.4 Å². The standard InChI is InChI=1S/C19H18Cl2N2O/c1-10-12(9-22)16(11-5-4-6-13(20)18(11)21)17-14(23-10)7-19(2,3)8-15(17)24/h4-6,12,16H,7-8H2,1-3H3/t12?,16-/m1/s1. The number of carbonyl (C=O) groups is 1. The van der Waals surface area contributed by atoms with Crippen LogP contribution in [-0.4, -0.2) is 11.5 Å². The van der Waals surface area contributed by atoms with E-state index in [0.717, 1.165) is 23.4 Å². The Morgan fingerprint density at radius 1 is 1.29 bits per heavy atom. The SMILES string of the molecule is CC1=NC2=C(C(=O)CC(C)(C)C2)[C@H](c2cccc(Cl)c2Cl)C1C#N. The number of aliphatic imine (C=N–C) groups is 1. The minimum Gasteiger partial charge on any atom is -0.294 e. The van der Waals surface area contributed by atoms with E-state index in [0.29, 0.717) is 22.0 Å². The number of halogens is 2. The zero-order valence-corrected chi connectivity index (χ0v) is 15.4. The van der Waals surface area contributed by atoms with E-state index in [9.17, 15) is 10.1 Å². The third-order valence-corrected chi connectivity index (χ3v) is 5.59. The largest absolute Gasteiger partial charge is 0.294 e. The number of carbonyl (C=O) groups excluding carboxylic acids is 1. The minimum atomic E-state index is -0.509. The highest BCUT2D eigenvalue weighted by Crippen LogP contribution is 2.49. The lowest BCUT2D eigenvalue weighted by Gasteiger charge is -2.38. The number of nitriles is 1. The lowest BCUT2D eigenvalue weighted by molar-refractivity contribution is -0.118. The van der Waals surface area contributed by atoms with E-state index in [4.69, 9.17) is 23.2 Å². The molecule has 0 radical (unpaired) electrons. The molecule has 1 aliphatic heterocycles. The van der Waals surface area contributed by atoms with Gasteiger partial charge in [-0.1, -0.05) is 49.2 Å². The summed E-state index contributed by atoms with van der Waals surface area (Å²) in [6.07, 6.45) is 1.17. The molecule has 0 spiro atoms. The Morgan fingerprint density at radius 2 is 2.00 bits per heavy atom. The lowest BCUT2D eigenvalue weighted by Crippen LogP contribution is -2.35. The highest BCUT2D eigenvalue weighted by molar-refractivity contribution is 6.42. The van der Waals surface area contributed by atoms with Crippen LogP contribution in [0.15, 0.2) is 34.5 Å². The van der Waals surface area contributed by atoms with Crippen LogP contribution >= 0.6 is 23.2 Å². The molecule has 2 aliphatic rings. The predicted molar refractivity (Wildman–Crippen MR) is 96.5 cm³/mol. The molecule has 1 aromatic carbocycles. The molecule has 0 fully saturated rings. The highest BCUT2D eigenvalue weighted by Gasteiger charge is 2.43. The Hall–Kier alpha value is -1.63. The molecule has 1 aliphatic carbocycles. The third-order valence-electron chi connectivity index (χ3n) is 4.76. The average Bonchev–Trinajstić information content (AvgIpc) is 2.47. The number of allylic oxidation sites excluding steroid dienone is 2. The first-order valence-corrected chi connectivity index (χ1v) is 8.66. The monoisotopic (exact) mass is 360 g/mol. The maximum absolute atomic E-state index is 12.9. The summed E-state index contributed by atoms with van der Waals surface area (Å²) in [6.45, 7) is 5.98. The number of hydrogen-bond donors (Lipinski definition) is 0. The van der Waals surface area contributed by atoms with Crippen LogP contribution in [0.1, 0.15) is 45.1 Å². The van der Waals surface area contributed by atoms with Gasteiger partial charge in [0.25, 0.3) is 0 Å². The van der Waals surface area contributed by atoms with Crippen molar-refractivity contribution >= 4 is 34.7 Å². The minimum absolute atomic E-state index is 0.0544. The van der Waals surface area contributed by atoms with Crippen molar-refractivity contribution in [1.29, 1.82) is 5.26 Å². The molecule has 0 N–H and O–H groups in total. The van der Waals surface area contributed by atoms with Crippen molar-refractivity contribution in [2.75, 3.05) is 0 Å². The molecular formula is C19H18Cl2N2O. The van der Waals surface area contributed by atoms with Gasteiger partial charge in [0.1, 0.15) is 0 Å².